The van der Waals surface area contributed by atoms with Crippen molar-refractivity contribution in [2.75, 3.05) is 0 Å². The van der Waals surface area contributed by atoms with Crippen molar-refractivity contribution in [1.29, 1.82) is 0 Å². The average molecular weight is 296 g/mol. The van der Waals surface area contributed by atoms with Gasteiger partial charge in [0.15, 0.2) is 0 Å². The highest BCUT2D eigenvalue weighted by Gasteiger charge is 2.25. The van der Waals surface area contributed by atoms with E-state index in [4.69, 9.17) is 9.64 Å². The van der Waals surface area contributed by atoms with Gasteiger partial charge in [0.1, 0.15) is 0 Å². The van der Waals surface area contributed by atoms with Gasteiger partial charge >= 0.3 is 35.7 Å². The summed E-state index contributed by atoms with van der Waals surface area (Å²) >= 11 is 0.323. The quantitative estimate of drug-likeness (QED) is 0.460. The van der Waals surface area contributed by atoms with Gasteiger partial charge in [0, 0.05) is 17.1 Å². The molecule has 7 heteroatoms. The number of hydrogen-bond donors (Lipinski definition) is 0. The summed E-state index contributed by atoms with van der Waals surface area (Å²) < 4.78 is 5.41. The lowest BCUT2D eigenvalue weighted by molar-refractivity contribution is -0.851. The SMILES string of the molecule is [C-]#[N+]c1nnc([I+]OC(C)=O)s1. The Balaban J connectivity index is 2.54. The molecule has 0 aromatic carbocycles. The number of carbonyl (C=O) groups excluding carboxylic acids is 1. The fourth-order valence-corrected chi connectivity index (χ4v) is 2.52. The van der Waals surface area contributed by atoms with Gasteiger partial charge in [0.2, 0.25) is 0 Å². The summed E-state index contributed by atoms with van der Waals surface area (Å²) in [6, 6.07) is 0. The van der Waals surface area contributed by atoms with Crippen molar-refractivity contribution in [2.45, 2.75) is 6.92 Å². The normalized spacial score (nSPS) is 9.00. The van der Waals surface area contributed by atoms with Crippen LogP contribution < -0.4 is 21.6 Å². The van der Waals surface area contributed by atoms with E-state index in [0.29, 0.717) is 3.01 Å². The van der Waals surface area contributed by atoms with E-state index in [-0.39, 0.29) is 11.1 Å². The summed E-state index contributed by atoms with van der Waals surface area (Å²) in [5.74, 6) is -0.317. The number of nitrogens with zero attached hydrogens (tertiary/aromatic N) is 3. The number of carbonyl (C=O) groups is 1. The summed E-state index contributed by atoms with van der Waals surface area (Å²) in [6.45, 7) is 7.95. The van der Waals surface area contributed by atoms with Gasteiger partial charge in [0.25, 0.3) is 0 Å². The fraction of sp³-hybridized carbons (Fsp3) is 0.200. The Morgan fingerprint density at radius 3 is 3.00 bits per heavy atom. The summed E-state index contributed by atoms with van der Waals surface area (Å²) in [7, 11) is 0. The molecule has 0 bridgehead atoms. The van der Waals surface area contributed by atoms with Gasteiger partial charge in [-0.05, 0) is 0 Å². The van der Waals surface area contributed by atoms with Crippen molar-refractivity contribution >= 4 is 22.4 Å². The van der Waals surface area contributed by atoms with Crippen molar-refractivity contribution in [2.24, 2.45) is 0 Å². The number of aromatic nitrogens is 2. The van der Waals surface area contributed by atoms with Crippen molar-refractivity contribution < 1.29 is 29.5 Å². The first-order valence-electron chi connectivity index (χ1n) is 2.75. The zero-order valence-corrected chi connectivity index (χ0v) is 8.92. The van der Waals surface area contributed by atoms with Crippen molar-refractivity contribution in [3.8, 4) is 0 Å². The second kappa shape index (κ2) is 4.32. The molecule has 0 unspecified atom stereocenters. The molecule has 1 rings (SSSR count). The first-order valence-corrected chi connectivity index (χ1v) is 5.53. The first kappa shape index (κ1) is 9.34. The molecule has 0 aliphatic heterocycles. The van der Waals surface area contributed by atoms with Gasteiger partial charge in [-0.2, -0.15) is 0 Å². The van der Waals surface area contributed by atoms with Crippen LogP contribution in [0.25, 0.3) is 4.85 Å². The van der Waals surface area contributed by atoms with E-state index in [1.165, 1.54) is 18.3 Å². The number of hydrogen-bond acceptors (Lipinski definition) is 5. The van der Waals surface area contributed by atoms with Gasteiger partial charge in [-0.15, -0.1) is 0 Å². The second-order valence-corrected chi connectivity index (χ2v) is 5.19. The van der Waals surface area contributed by atoms with E-state index in [9.17, 15) is 4.79 Å². The highest BCUT2D eigenvalue weighted by Crippen LogP contribution is 2.11. The van der Waals surface area contributed by atoms with Gasteiger partial charge in [0.05, 0.1) is 0 Å². The van der Waals surface area contributed by atoms with E-state index >= 15 is 0 Å². The van der Waals surface area contributed by atoms with Crippen LogP contribution in [0.4, 0.5) is 5.13 Å². The Bertz CT molecular complexity index is 332. The maximum absolute atomic E-state index is 10.4. The van der Waals surface area contributed by atoms with Gasteiger partial charge in [-0.3, -0.25) is 0 Å². The smallest absolute Gasteiger partial charge is 0.350 e. The van der Waals surface area contributed by atoms with Crippen LogP contribution in [-0.4, -0.2) is 16.2 Å². The highest BCUT2D eigenvalue weighted by atomic mass is 127. The fourth-order valence-electron chi connectivity index (χ4n) is 0.362. The second-order valence-electron chi connectivity index (χ2n) is 1.60. The minimum absolute atomic E-state index is 0.289. The number of halogens is 1. The predicted octanol–water partition coefficient (Wildman–Crippen LogP) is -2.17. The maximum atomic E-state index is 10.4. The van der Waals surface area contributed by atoms with Gasteiger partial charge < -0.3 is 4.85 Å². The van der Waals surface area contributed by atoms with Crippen LogP contribution in [0.3, 0.4) is 0 Å². The first-order chi connectivity index (χ1) is 5.72. The molecule has 1 heterocycles. The third-order valence-corrected chi connectivity index (χ3v) is 3.82. The lowest BCUT2D eigenvalue weighted by Gasteiger charge is -1.73. The Kier molecular flexibility index (Phi) is 3.36. The van der Waals surface area contributed by atoms with Crippen molar-refractivity contribution in [3.05, 3.63) is 14.4 Å². The van der Waals surface area contributed by atoms with Crippen molar-refractivity contribution in [3.63, 3.8) is 0 Å². The molecular formula is C5H3IN3O2S+. The molecule has 0 amide bonds. The third-order valence-electron chi connectivity index (χ3n) is 0.699. The molecule has 0 atom stereocenters. The standard InChI is InChI=1S/C5H3IN3O2S/c1-3(10)11-6-4-8-9-5(7-2)12-4/h1H3/q+1. The lowest BCUT2D eigenvalue weighted by atomic mass is 10.9. The minimum Gasteiger partial charge on any atom is -0.350 e. The predicted molar refractivity (Wildman–Crippen MR) is 36.6 cm³/mol. The molecule has 0 fully saturated rings. The Labute approximate surface area is 83.4 Å². The zero-order valence-electron chi connectivity index (χ0n) is 5.94. The summed E-state index contributed by atoms with van der Waals surface area (Å²) in [5.41, 5.74) is 0. The molecule has 12 heavy (non-hydrogen) atoms. The summed E-state index contributed by atoms with van der Waals surface area (Å²) in [6.07, 6.45) is 0. The Morgan fingerprint density at radius 2 is 2.50 bits per heavy atom. The van der Waals surface area contributed by atoms with E-state index in [0.717, 1.165) is 0 Å². The van der Waals surface area contributed by atoms with Gasteiger partial charge in [-0.25, -0.2) is 7.86 Å². The van der Waals surface area contributed by atoms with Gasteiger partial charge in [-0.1, -0.05) is 17.9 Å². The molecular weight excluding hydrogens is 293 g/mol. The largest absolute Gasteiger partial charge is 0.621 e. The lowest BCUT2D eigenvalue weighted by Crippen LogP contribution is -3.62. The van der Waals surface area contributed by atoms with E-state index in [1.54, 1.807) is 0 Å². The molecule has 0 radical (unpaired) electrons. The minimum atomic E-state index is -0.847. The maximum Gasteiger partial charge on any atom is 0.621 e. The Hall–Kier alpha value is -0.750. The topological polar surface area (TPSA) is 56.4 Å². The Morgan fingerprint density at radius 1 is 1.75 bits per heavy atom. The molecule has 0 aliphatic rings. The number of rotatable bonds is 2. The molecule has 0 spiro atoms. The molecule has 62 valence electrons. The van der Waals surface area contributed by atoms with Crippen LogP contribution in [0.5, 0.6) is 0 Å². The monoisotopic (exact) mass is 296 g/mol. The van der Waals surface area contributed by atoms with E-state index in [1.807, 2.05) is 0 Å². The molecule has 0 saturated carbocycles. The zero-order chi connectivity index (χ0) is 8.97. The third kappa shape index (κ3) is 2.71. The van der Waals surface area contributed by atoms with Crippen LogP contribution >= 0.6 is 11.3 Å². The van der Waals surface area contributed by atoms with E-state index in [2.05, 4.69) is 15.0 Å². The molecule has 0 saturated heterocycles. The van der Waals surface area contributed by atoms with Crippen LogP contribution in [0.2, 0.25) is 0 Å². The molecule has 5 nitrogen and oxygen atoms in total. The molecule has 0 N–H and O–H groups in total. The van der Waals surface area contributed by atoms with Crippen LogP contribution in [0.15, 0.2) is 0 Å². The highest BCUT2D eigenvalue weighted by molar-refractivity contribution is 7.13. The van der Waals surface area contributed by atoms with Crippen LogP contribution in [0.1, 0.15) is 6.92 Å². The van der Waals surface area contributed by atoms with Crippen molar-refractivity contribution in [1.82, 2.24) is 10.2 Å². The summed E-state index contributed by atoms with van der Waals surface area (Å²) in [5, 5.41) is 7.54. The summed E-state index contributed by atoms with van der Waals surface area (Å²) in [4.78, 5) is 13.5. The van der Waals surface area contributed by atoms with E-state index < -0.39 is 21.6 Å². The average Bonchev–Trinajstić information content (AvgIpc) is 2.48. The molecule has 1 aromatic heterocycles. The molecule has 1 aromatic rings. The molecule has 0 aliphatic carbocycles. The van der Waals surface area contributed by atoms with Crippen LogP contribution in [-0.2, 0) is 7.86 Å². The van der Waals surface area contributed by atoms with Crippen LogP contribution in [0, 0.1) is 9.59 Å².